The zero-order chi connectivity index (χ0) is 15.7. The number of Topliss-reactive ketones (excluding diaryl/α,β-unsaturated/α-hetero) is 1. The number of carbonyl (C=O) groups excluding carboxylic acids is 1. The van der Waals surface area contributed by atoms with Crippen molar-refractivity contribution in [2.45, 2.75) is 32.6 Å². The highest BCUT2D eigenvalue weighted by Gasteiger charge is 2.31. The van der Waals surface area contributed by atoms with E-state index in [-0.39, 0.29) is 11.7 Å². The number of hydrogen-bond acceptors (Lipinski definition) is 3. The van der Waals surface area contributed by atoms with Gasteiger partial charge in [-0.25, -0.2) is 0 Å². The summed E-state index contributed by atoms with van der Waals surface area (Å²) in [5.41, 5.74) is 3.55. The smallest absolute Gasteiger partial charge is 0.167 e. The van der Waals surface area contributed by atoms with Gasteiger partial charge in [0.1, 0.15) is 5.75 Å². The molecule has 0 fully saturated rings. The van der Waals surface area contributed by atoms with Crippen LogP contribution in [0.4, 0.5) is 0 Å². The summed E-state index contributed by atoms with van der Waals surface area (Å²) in [4.78, 5) is 17.3. The summed E-state index contributed by atoms with van der Waals surface area (Å²) in [6.45, 7) is 4.24. The molecule has 0 radical (unpaired) electrons. The molecule has 1 aromatic carbocycles. The highest BCUT2D eigenvalue weighted by Crippen LogP contribution is 2.37. The van der Waals surface area contributed by atoms with E-state index in [4.69, 9.17) is 9.72 Å². The van der Waals surface area contributed by atoms with Crippen molar-refractivity contribution < 1.29 is 9.53 Å². The fourth-order valence-electron chi connectivity index (χ4n) is 3.28. The Labute approximate surface area is 131 Å². The number of benzene rings is 1. The minimum atomic E-state index is 0.140. The maximum atomic E-state index is 12.5. The van der Waals surface area contributed by atoms with Crippen LogP contribution >= 0.6 is 0 Å². The van der Waals surface area contributed by atoms with Gasteiger partial charge in [0.25, 0.3) is 0 Å². The maximum Gasteiger partial charge on any atom is 0.167 e. The molecule has 2 atom stereocenters. The van der Waals surface area contributed by atoms with Gasteiger partial charge in [-0.3, -0.25) is 9.78 Å². The second-order valence-corrected chi connectivity index (χ2v) is 5.94. The maximum absolute atomic E-state index is 12.5. The summed E-state index contributed by atoms with van der Waals surface area (Å²) < 4.78 is 5.42. The molecule has 2 aromatic rings. The number of hydrogen-bond donors (Lipinski definition) is 0. The van der Waals surface area contributed by atoms with Gasteiger partial charge in [-0.05, 0) is 43.0 Å². The van der Waals surface area contributed by atoms with Gasteiger partial charge in [0, 0.05) is 17.0 Å². The fourth-order valence-corrected chi connectivity index (χ4v) is 3.28. The number of carbonyl (C=O) groups is 1. The third-order valence-corrected chi connectivity index (χ3v) is 4.54. The van der Waals surface area contributed by atoms with Crippen LogP contribution in [-0.2, 0) is 0 Å². The number of aromatic nitrogens is 1. The summed E-state index contributed by atoms with van der Waals surface area (Å²) in [5.74, 6) is 1.50. The van der Waals surface area contributed by atoms with Crippen LogP contribution in [0.1, 0.15) is 48.7 Å². The van der Waals surface area contributed by atoms with Crippen LogP contribution in [0.15, 0.2) is 36.4 Å². The zero-order valence-corrected chi connectivity index (χ0v) is 13.3. The van der Waals surface area contributed by atoms with E-state index >= 15 is 0 Å². The van der Waals surface area contributed by atoms with Crippen molar-refractivity contribution in [2.75, 3.05) is 7.11 Å². The molecule has 1 aromatic heterocycles. The molecule has 0 saturated carbocycles. The van der Waals surface area contributed by atoms with Crippen molar-refractivity contribution in [2.24, 2.45) is 5.92 Å². The van der Waals surface area contributed by atoms with Crippen LogP contribution in [0.2, 0.25) is 0 Å². The lowest BCUT2D eigenvalue weighted by atomic mass is 9.78. The zero-order valence-electron chi connectivity index (χ0n) is 13.3. The summed E-state index contributed by atoms with van der Waals surface area (Å²) in [5, 5.41) is 0. The molecule has 1 heterocycles. The molecule has 0 aliphatic heterocycles. The number of pyridine rings is 1. The third kappa shape index (κ3) is 2.41. The van der Waals surface area contributed by atoms with Gasteiger partial charge in [-0.1, -0.05) is 26.0 Å². The van der Waals surface area contributed by atoms with Gasteiger partial charge in [-0.15, -0.1) is 0 Å². The van der Waals surface area contributed by atoms with Crippen LogP contribution in [0, 0.1) is 5.92 Å². The van der Waals surface area contributed by atoms with Gasteiger partial charge in [0.2, 0.25) is 0 Å². The Balaban J connectivity index is 2.08. The fraction of sp³-hybridized carbons (Fsp3) is 0.368. The number of ether oxygens (including phenoxy) is 1. The SMILES string of the molecule is CC[C@@H]1C[C@H](C)c2nc(-c3ccccc3OC)ccc2C1=O. The van der Waals surface area contributed by atoms with Crippen molar-refractivity contribution in [3.8, 4) is 17.0 Å². The first-order valence-electron chi connectivity index (χ1n) is 7.84. The number of nitrogens with zero attached hydrogens (tertiary/aromatic N) is 1. The first-order chi connectivity index (χ1) is 10.7. The molecule has 0 saturated heterocycles. The van der Waals surface area contributed by atoms with Crippen molar-refractivity contribution >= 4 is 5.78 Å². The topological polar surface area (TPSA) is 39.2 Å². The van der Waals surface area contributed by atoms with Crippen molar-refractivity contribution in [1.82, 2.24) is 4.98 Å². The third-order valence-electron chi connectivity index (χ3n) is 4.54. The molecular formula is C19H21NO2. The molecule has 3 nitrogen and oxygen atoms in total. The molecule has 1 aliphatic carbocycles. The first kappa shape index (κ1) is 14.8. The van der Waals surface area contributed by atoms with E-state index in [1.165, 1.54) is 0 Å². The Bertz CT molecular complexity index is 708. The first-order valence-corrected chi connectivity index (χ1v) is 7.84. The van der Waals surface area contributed by atoms with E-state index < -0.39 is 0 Å². The van der Waals surface area contributed by atoms with Crippen molar-refractivity contribution in [3.05, 3.63) is 47.7 Å². The predicted octanol–water partition coefficient (Wildman–Crippen LogP) is 4.47. The minimum Gasteiger partial charge on any atom is -0.496 e. The van der Waals surface area contributed by atoms with E-state index in [0.29, 0.717) is 5.92 Å². The van der Waals surface area contributed by atoms with Gasteiger partial charge >= 0.3 is 0 Å². The number of fused-ring (bicyclic) bond motifs is 1. The average molecular weight is 295 g/mol. The molecule has 0 spiro atoms. The lowest BCUT2D eigenvalue weighted by Crippen LogP contribution is -2.25. The van der Waals surface area contributed by atoms with Gasteiger partial charge < -0.3 is 4.74 Å². The largest absolute Gasteiger partial charge is 0.496 e. The number of methoxy groups -OCH3 is 1. The normalized spacial score (nSPS) is 20.6. The number of para-hydroxylation sites is 1. The highest BCUT2D eigenvalue weighted by molar-refractivity contribution is 6.00. The predicted molar refractivity (Wildman–Crippen MR) is 87.4 cm³/mol. The molecule has 1 aliphatic rings. The summed E-state index contributed by atoms with van der Waals surface area (Å²) in [7, 11) is 1.66. The lowest BCUT2D eigenvalue weighted by Gasteiger charge is -2.27. The van der Waals surface area contributed by atoms with Crippen molar-refractivity contribution in [3.63, 3.8) is 0 Å². The van der Waals surface area contributed by atoms with E-state index in [1.54, 1.807) is 7.11 Å². The van der Waals surface area contributed by atoms with Crippen LogP contribution in [0.3, 0.4) is 0 Å². The standard InChI is InChI=1S/C19H21NO2/c1-4-13-11-12(2)18-15(19(13)21)9-10-16(20-18)14-7-5-6-8-17(14)22-3/h5-10,12-13H,4,11H2,1-3H3/t12-,13+/m0/s1. The molecular weight excluding hydrogens is 274 g/mol. The van der Waals surface area contributed by atoms with E-state index in [2.05, 4.69) is 13.8 Å². The second kappa shape index (κ2) is 5.91. The second-order valence-electron chi connectivity index (χ2n) is 5.94. The Morgan fingerprint density at radius 1 is 1.18 bits per heavy atom. The number of rotatable bonds is 3. The average Bonchev–Trinajstić information content (AvgIpc) is 2.57. The van der Waals surface area contributed by atoms with Crippen LogP contribution in [-0.4, -0.2) is 17.9 Å². The molecule has 22 heavy (non-hydrogen) atoms. The molecule has 0 unspecified atom stereocenters. The molecule has 3 rings (SSSR count). The quantitative estimate of drug-likeness (QED) is 0.838. The van der Waals surface area contributed by atoms with E-state index in [1.807, 2.05) is 36.4 Å². The Morgan fingerprint density at radius 3 is 2.68 bits per heavy atom. The van der Waals surface area contributed by atoms with Crippen LogP contribution in [0.25, 0.3) is 11.3 Å². The summed E-state index contributed by atoms with van der Waals surface area (Å²) in [6, 6.07) is 11.7. The van der Waals surface area contributed by atoms with Gasteiger partial charge in [0.15, 0.2) is 5.78 Å². The summed E-state index contributed by atoms with van der Waals surface area (Å²) >= 11 is 0. The monoisotopic (exact) mass is 295 g/mol. The van der Waals surface area contributed by atoms with E-state index in [9.17, 15) is 4.79 Å². The van der Waals surface area contributed by atoms with Crippen LogP contribution < -0.4 is 4.74 Å². The summed E-state index contributed by atoms with van der Waals surface area (Å²) in [6.07, 6.45) is 1.79. The van der Waals surface area contributed by atoms with E-state index in [0.717, 1.165) is 41.1 Å². The highest BCUT2D eigenvalue weighted by atomic mass is 16.5. The number of ketones is 1. The van der Waals surface area contributed by atoms with Gasteiger partial charge in [-0.2, -0.15) is 0 Å². The Kier molecular flexibility index (Phi) is 3.97. The van der Waals surface area contributed by atoms with Gasteiger partial charge in [0.05, 0.1) is 18.5 Å². The molecule has 0 N–H and O–H groups in total. The van der Waals surface area contributed by atoms with Crippen LogP contribution in [0.5, 0.6) is 5.75 Å². The molecule has 0 amide bonds. The minimum absolute atomic E-state index is 0.140. The Morgan fingerprint density at radius 2 is 1.95 bits per heavy atom. The molecule has 114 valence electrons. The molecule has 0 bridgehead atoms. The lowest BCUT2D eigenvalue weighted by molar-refractivity contribution is 0.0889. The van der Waals surface area contributed by atoms with Crippen molar-refractivity contribution in [1.29, 1.82) is 0 Å². The molecule has 3 heteroatoms. The Hall–Kier alpha value is -2.16.